The maximum Gasteiger partial charge on any atom is 0.416 e. The third-order valence-corrected chi connectivity index (χ3v) is 7.17. The lowest BCUT2D eigenvalue weighted by molar-refractivity contribution is -0.142. The summed E-state index contributed by atoms with van der Waals surface area (Å²) in [6.45, 7) is -0.285. The number of esters is 2. The van der Waals surface area contributed by atoms with Crippen molar-refractivity contribution in [2.45, 2.75) is 37.3 Å². The van der Waals surface area contributed by atoms with Gasteiger partial charge in [-0.25, -0.2) is 4.79 Å². The summed E-state index contributed by atoms with van der Waals surface area (Å²) in [5.74, 6) is -1.49. The van der Waals surface area contributed by atoms with Crippen molar-refractivity contribution >= 4 is 11.9 Å². The van der Waals surface area contributed by atoms with E-state index in [0.717, 1.165) is 23.3 Å². The molecule has 5 rings (SSSR count). The molecule has 5 unspecified atom stereocenters. The highest BCUT2D eigenvalue weighted by molar-refractivity contribution is 5.90. The van der Waals surface area contributed by atoms with E-state index >= 15 is 0 Å². The Kier molecular flexibility index (Phi) is 7.93. The fraction of sp³-hybridized carbons (Fsp3) is 0.290. The summed E-state index contributed by atoms with van der Waals surface area (Å²) in [6, 6.07) is 21.2. The van der Waals surface area contributed by atoms with Gasteiger partial charge in [-0.2, -0.15) is 13.2 Å². The van der Waals surface area contributed by atoms with Crippen molar-refractivity contribution in [2.75, 3.05) is 6.61 Å². The topological polar surface area (TPSA) is 82.1 Å². The maximum atomic E-state index is 13.0. The summed E-state index contributed by atoms with van der Waals surface area (Å²) in [6.07, 6.45) is -3.03. The van der Waals surface area contributed by atoms with Gasteiger partial charge in [0.2, 0.25) is 0 Å². The lowest BCUT2D eigenvalue weighted by atomic mass is 9.91. The van der Waals surface area contributed by atoms with Crippen LogP contribution in [0.4, 0.5) is 13.2 Å². The van der Waals surface area contributed by atoms with Gasteiger partial charge < -0.3 is 19.3 Å². The van der Waals surface area contributed by atoms with E-state index in [-0.39, 0.29) is 30.7 Å². The second kappa shape index (κ2) is 11.6. The molecule has 3 aromatic carbocycles. The zero-order valence-corrected chi connectivity index (χ0v) is 21.3. The van der Waals surface area contributed by atoms with E-state index in [2.05, 4.69) is 0 Å². The first-order valence-corrected chi connectivity index (χ1v) is 12.9. The molecule has 0 spiro atoms. The van der Waals surface area contributed by atoms with E-state index in [1.165, 1.54) is 18.2 Å². The van der Waals surface area contributed by atoms with Gasteiger partial charge in [0.05, 0.1) is 17.5 Å². The number of hydrogen-bond donors (Lipinski definition) is 1. The summed E-state index contributed by atoms with van der Waals surface area (Å²) in [7, 11) is 0. The van der Waals surface area contributed by atoms with Crippen LogP contribution in [0.25, 0.3) is 11.1 Å². The molecule has 2 fully saturated rings. The van der Waals surface area contributed by atoms with Crippen LogP contribution >= 0.6 is 0 Å². The normalized spacial score (nSPS) is 23.1. The van der Waals surface area contributed by atoms with Crippen LogP contribution in [0.1, 0.15) is 28.8 Å². The van der Waals surface area contributed by atoms with Crippen LogP contribution in [0.5, 0.6) is 5.75 Å². The number of aliphatic hydroxyl groups excluding tert-OH is 1. The van der Waals surface area contributed by atoms with Gasteiger partial charge in [-0.1, -0.05) is 60.7 Å². The van der Waals surface area contributed by atoms with Crippen molar-refractivity contribution in [2.24, 2.45) is 11.8 Å². The molecule has 1 heterocycles. The molecule has 5 atom stereocenters. The molecule has 1 N–H and O–H groups in total. The Morgan fingerprint density at radius 2 is 1.75 bits per heavy atom. The van der Waals surface area contributed by atoms with Crippen LogP contribution in [0, 0.1) is 11.8 Å². The SMILES string of the molecule is O=C1CC2C(CC(OC(=O)c3ccc(-c4ccccc4)cc3)C2C=CC(O)COc2cccc(C(F)(F)F)c2)O1. The van der Waals surface area contributed by atoms with Gasteiger partial charge in [0, 0.05) is 18.3 Å². The summed E-state index contributed by atoms with van der Waals surface area (Å²) in [5, 5.41) is 10.4. The van der Waals surface area contributed by atoms with Gasteiger partial charge in [0.15, 0.2) is 0 Å². The lowest BCUT2D eigenvalue weighted by Gasteiger charge is -2.21. The Hall–Kier alpha value is -4.11. The molecule has 0 amide bonds. The van der Waals surface area contributed by atoms with E-state index in [4.69, 9.17) is 14.2 Å². The number of ether oxygens (including phenoxy) is 3. The van der Waals surface area contributed by atoms with E-state index in [1.54, 1.807) is 18.2 Å². The van der Waals surface area contributed by atoms with Crippen molar-refractivity contribution in [3.63, 3.8) is 0 Å². The average Bonchev–Trinajstić information content (AvgIpc) is 3.46. The summed E-state index contributed by atoms with van der Waals surface area (Å²) >= 11 is 0. The molecule has 3 aromatic rings. The van der Waals surface area contributed by atoms with Gasteiger partial charge >= 0.3 is 18.1 Å². The van der Waals surface area contributed by atoms with Gasteiger partial charge in [-0.3, -0.25) is 4.79 Å². The zero-order valence-electron chi connectivity index (χ0n) is 21.3. The Morgan fingerprint density at radius 3 is 2.48 bits per heavy atom. The maximum absolute atomic E-state index is 13.0. The van der Waals surface area contributed by atoms with E-state index in [0.29, 0.717) is 12.0 Å². The number of carbonyl (C=O) groups excluding carboxylic acids is 2. The molecule has 1 aliphatic carbocycles. The first kappa shape index (κ1) is 27.5. The van der Waals surface area contributed by atoms with E-state index < -0.39 is 41.9 Å². The fourth-order valence-corrected chi connectivity index (χ4v) is 5.18. The molecule has 1 aliphatic heterocycles. The summed E-state index contributed by atoms with van der Waals surface area (Å²) in [4.78, 5) is 24.9. The second-order valence-electron chi connectivity index (χ2n) is 9.89. The molecule has 0 aromatic heterocycles. The molecule has 1 saturated heterocycles. The van der Waals surface area contributed by atoms with Crippen molar-refractivity contribution in [1.29, 1.82) is 0 Å². The number of alkyl halides is 3. The van der Waals surface area contributed by atoms with Gasteiger partial charge in [0.25, 0.3) is 0 Å². The Bertz CT molecular complexity index is 1370. The number of carbonyl (C=O) groups is 2. The third kappa shape index (κ3) is 6.37. The molecule has 9 heteroatoms. The minimum absolute atomic E-state index is 0.0249. The molecular weight excluding hydrogens is 525 g/mol. The first-order chi connectivity index (χ1) is 19.2. The average molecular weight is 553 g/mol. The van der Waals surface area contributed by atoms with Crippen LogP contribution in [0.3, 0.4) is 0 Å². The molecular formula is C31H27F3O6. The molecule has 0 radical (unpaired) electrons. The number of benzene rings is 3. The van der Waals surface area contributed by atoms with Crippen LogP contribution in [0.15, 0.2) is 91.0 Å². The molecule has 6 nitrogen and oxygen atoms in total. The smallest absolute Gasteiger partial charge is 0.416 e. The van der Waals surface area contributed by atoms with E-state index in [1.807, 2.05) is 42.5 Å². The van der Waals surface area contributed by atoms with Crippen molar-refractivity contribution < 1.29 is 42.1 Å². The number of halogens is 3. The van der Waals surface area contributed by atoms with Gasteiger partial charge in [-0.15, -0.1) is 0 Å². The minimum Gasteiger partial charge on any atom is -0.491 e. The third-order valence-electron chi connectivity index (χ3n) is 7.17. The monoisotopic (exact) mass is 552 g/mol. The van der Waals surface area contributed by atoms with Gasteiger partial charge in [0.1, 0.15) is 30.7 Å². The Labute approximate surface area is 229 Å². The Balaban J connectivity index is 1.23. The molecule has 40 heavy (non-hydrogen) atoms. The van der Waals surface area contributed by atoms with Crippen molar-refractivity contribution in [3.05, 3.63) is 102 Å². The molecule has 208 valence electrons. The highest BCUT2D eigenvalue weighted by atomic mass is 19.4. The van der Waals surface area contributed by atoms with Crippen molar-refractivity contribution in [3.8, 4) is 16.9 Å². The number of fused-ring (bicyclic) bond motifs is 1. The highest BCUT2D eigenvalue weighted by Gasteiger charge is 2.50. The predicted molar refractivity (Wildman–Crippen MR) is 139 cm³/mol. The van der Waals surface area contributed by atoms with Gasteiger partial charge in [-0.05, 0) is 41.5 Å². The second-order valence-corrected chi connectivity index (χ2v) is 9.89. The fourth-order valence-electron chi connectivity index (χ4n) is 5.18. The standard InChI is InChI=1S/C31H27F3O6/c32-31(33,34)22-7-4-8-24(15-22)38-18-23(35)13-14-25-26-16-29(36)39-28(26)17-27(25)40-30(37)21-11-9-20(10-12-21)19-5-2-1-3-6-19/h1-15,23,25-28,35H,16-18H2. The lowest BCUT2D eigenvalue weighted by Crippen LogP contribution is -2.25. The van der Waals surface area contributed by atoms with E-state index in [9.17, 15) is 27.9 Å². The highest BCUT2D eigenvalue weighted by Crippen LogP contribution is 2.44. The molecule has 2 aliphatic rings. The first-order valence-electron chi connectivity index (χ1n) is 12.9. The number of aliphatic hydroxyl groups is 1. The zero-order chi connectivity index (χ0) is 28.3. The number of hydrogen-bond acceptors (Lipinski definition) is 6. The van der Waals surface area contributed by atoms with Crippen LogP contribution < -0.4 is 4.74 Å². The molecule has 1 saturated carbocycles. The number of rotatable bonds is 8. The largest absolute Gasteiger partial charge is 0.491 e. The van der Waals surface area contributed by atoms with Crippen molar-refractivity contribution in [1.82, 2.24) is 0 Å². The summed E-state index contributed by atoms with van der Waals surface area (Å²) in [5.41, 5.74) is 1.51. The predicted octanol–water partition coefficient (Wildman–Crippen LogP) is 5.85. The quantitative estimate of drug-likeness (QED) is 0.279. The van der Waals surface area contributed by atoms with Crippen LogP contribution in [-0.2, 0) is 20.4 Å². The summed E-state index contributed by atoms with van der Waals surface area (Å²) < 4.78 is 55.4. The molecule has 0 bridgehead atoms. The minimum atomic E-state index is -4.51. The van der Waals surface area contributed by atoms with Crippen LogP contribution in [-0.4, -0.2) is 42.0 Å². The van der Waals surface area contributed by atoms with Crippen LogP contribution in [0.2, 0.25) is 0 Å². The Morgan fingerprint density at radius 1 is 1.02 bits per heavy atom.